The molecule has 0 spiro atoms. The first-order valence-corrected chi connectivity index (χ1v) is 12.6. The Morgan fingerprint density at radius 2 is 1.75 bits per heavy atom. The zero-order valence-corrected chi connectivity index (χ0v) is 19.6. The number of carbonyl (C=O) groups is 1. The molecule has 5 heteroatoms. The second-order valence-electron chi connectivity index (χ2n) is 11.2. The van der Waals surface area contributed by atoms with Gasteiger partial charge in [-0.3, -0.25) is 4.79 Å². The maximum Gasteiger partial charge on any atom is 0.224 e. The normalized spacial score (nSPS) is 28.4. The molecule has 4 fully saturated rings. The molecule has 1 amide bonds. The molecule has 6 rings (SSSR count). The summed E-state index contributed by atoms with van der Waals surface area (Å²) in [4.78, 5) is 17.9. The average molecular weight is 435 g/mol. The molecule has 1 aromatic heterocycles. The molecule has 0 aliphatic heterocycles. The highest BCUT2D eigenvalue weighted by molar-refractivity contribution is 6.01. The maximum atomic E-state index is 13.1. The van der Waals surface area contributed by atoms with E-state index in [9.17, 15) is 4.79 Å². The van der Waals surface area contributed by atoms with Gasteiger partial charge >= 0.3 is 0 Å². The predicted octanol–water partition coefficient (Wildman–Crippen LogP) is 5.44. The lowest BCUT2D eigenvalue weighted by molar-refractivity contribution is -0.124. The number of benzene rings is 1. The minimum absolute atomic E-state index is 0.179. The third-order valence-corrected chi connectivity index (χ3v) is 7.87. The lowest BCUT2D eigenvalue weighted by Gasteiger charge is -2.56. The second kappa shape index (κ2) is 9.01. The number of amides is 1. The first-order chi connectivity index (χ1) is 15.5. The van der Waals surface area contributed by atoms with Crippen molar-refractivity contribution < 1.29 is 4.79 Å². The van der Waals surface area contributed by atoms with Crippen molar-refractivity contribution in [2.45, 2.75) is 58.8 Å². The number of pyridine rings is 1. The quantitative estimate of drug-likeness (QED) is 0.460. The topological polar surface area (TPSA) is 66.0 Å². The summed E-state index contributed by atoms with van der Waals surface area (Å²) in [6.45, 7) is 7.21. The van der Waals surface area contributed by atoms with Gasteiger partial charge in [-0.1, -0.05) is 19.9 Å². The van der Waals surface area contributed by atoms with Crippen LogP contribution in [0.15, 0.2) is 30.3 Å². The van der Waals surface area contributed by atoms with Gasteiger partial charge in [-0.25, -0.2) is 4.98 Å². The number of aromatic nitrogens is 1. The molecular formula is C27H38N4O. The monoisotopic (exact) mass is 434 g/mol. The fraction of sp³-hybridized carbons (Fsp3) is 0.630. The maximum absolute atomic E-state index is 13.1. The number of nitrogens with zero attached hydrogens (tertiary/aromatic N) is 1. The smallest absolute Gasteiger partial charge is 0.224 e. The number of rotatable bonds is 9. The van der Waals surface area contributed by atoms with Gasteiger partial charge in [0.05, 0.1) is 11.2 Å². The molecule has 1 heterocycles. The van der Waals surface area contributed by atoms with Gasteiger partial charge in [0.15, 0.2) is 0 Å². The summed E-state index contributed by atoms with van der Waals surface area (Å²) >= 11 is 0. The molecule has 32 heavy (non-hydrogen) atoms. The van der Waals surface area contributed by atoms with Crippen molar-refractivity contribution in [3.63, 3.8) is 0 Å². The molecule has 2 aromatic rings. The number of carbonyl (C=O) groups excluding carboxylic acids is 1. The Morgan fingerprint density at radius 1 is 1.03 bits per heavy atom. The molecule has 0 unspecified atom stereocenters. The van der Waals surface area contributed by atoms with E-state index in [1.54, 1.807) is 0 Å². The minimum atomic E-state index is 0.179. The highest BCUT2D eigenvalue weighted by Gasteiger charge is 2.51. The summed E-state index contributed by atoms with van der Waals surface area (Å²) in [6, 6.07) is 10.1. The van der Waals surface area contributed by atoms with Gasteiger partial charge in [-0.15, -0.1) is 0 Å². The number of hydrogen-bond donors (Lipinski definition) is 3. The summed E-state index contributed by atoms with van der Waals surface area (Å²) in [5.74, 6) is 4.34. The van der Waals surface area contributed by atoms with E-state index < -0.39 is 0 Å². The standard InChI is InChI=1S/C27H38N4O/c1-18(2)17-28-8-9-29-25-7-6-22-23(30-25)4-3-5-24(22)31-26(32)16-27-13-19-10-20(14-27)12-21(11-19)15-27/h3-7,18-21,28H,8-17H2,1-2H3,(H,29,30)(H,31,32). The van der Waals surface area contributed by atoms with Crippen LogP contribution >= 0.6 is 0 Å². The summed E-state index contributed by atoms with van der Waals surface area (Å²) in [5.41, 5.74) is 2.06. The Morgan fingerprint density at radius 3 is 2.44 bits per heavy atom. The number of nitrogens with one attached hydrogen (secondary N) is 3. The molecule has 3 N–H and O–H groups in total. The van der Waals surface area contributed by atoms with Crippen molar-refractivity contribution in [2.75, 3.05) is 30.3 Å². The van der Waals surface area contributed by atoms with Crippen LogP contribution in [-0.2, 0) is 4.79 Å². The van der Waals surface area contributed by atoms with Gasteiger partial charge in [-0.05, 0) is 98.4 Å². The summed E-state index contributed by atoms with van der Waals surface area (Å²) in [5, 5.41) is 11.1. The molecule has 172 valence electrons. The van der Waals surface area contributed by atoms with Crippen molar-refractivity contribution in [3.05, 3.63) is 30.3 Å². The Balaban J connectivity index is 1.21. The average Bonchev–Trinajstić information content (AvgIpc) is 2.72. The number of anilines is 2. The first kappa shape index (κ1) is 21.7. The summed E-state index contributed by atoms with van der Waals surface area (Å²) < 4.78 is 0. The van der Waals surface area contributed by atoms with Crippen LogP contribution in [-0.4, -0.2) is 30.5 Å². The molecule has 4 bridgehead atoms. The van der Waals surface area contributed by atoms with E-state index in [2.05, 4.69) is 35.9 Å². The molecule has 4 aliphatic rings. The van der Waals surface area contributed by atoms with Crippen LogP contribution in [0, 0.1) is 29.1 Å². The molecule has 1 aromatic carbocycles. The molecule has 0 atom stereocenters. The molecule has 4 saturated carbocycles. The molecule has 0 radical (unpaired) electrons. The van der Waals surface area contributed by atoms with Crippen LogP contribution < -0.4 is 16.0 Å². The lowest BCUT2D eigenvalue weighted by atomic mass is 9.49. The van der Waals surface area contributed by atoms with E-state index in [1.165, 1.54) is 38.5 Å². The van der Waals surface area contributed by atoms with Crippen LogP contribution in [0.3, 0.4) is 0 Å². The largest absolute Gasteiger partial charge is 0.369 e. The van der Waals surface area contributed by atoms with E-state index in [1.807, 2.05) is 24.3 Å². The summed E-state index contributed by atoms with van der Waals surface area (Å²) in [6.07, 6.45) is 8.74. The number of fused-ring (bicyclic) bond motifs is 1. The Kier molecular flexibility index (Phi) is 6.11. The Bertz CT molecular complexity index is 934. The third-order valence-electron chi connectivity index (χ3n) is 7.87. The van der Waals surface area contributed by atoms with Crippen LogP contribution in [0.1, 0.15) is 58.8 Å². The van der Waals surface area contributed by atoms with Gasteiger partial charge in [-0.2, -0.15) is 0 Å². The second-order valence-corrected chi connectivity index (χ2v) is 11.2. The number of hydrogen-bond acceptors (Lipinski definition) is 4. The molecule has 4 aliphatic carbocycles. The van der Waals surface area contributed by atoms with Gasteiger partial charge in [0.1, 0.15) is 5.82 Å². The van der Waals surface area contributed by atoms with E-state index in [0.717, 1.165) is 59.8 Å². The van der Waals surface area contributed by atoms with Gasteiger partial charge in [0, 0.05) is 24.9 Å². The van der Waals surface area contributed by atoms with Crippen LogP contribution in [0.25, 0.3) is 10.9 Å². The predicted molar refractivity (Wildman–Crippen MR) is 132 cm³/mol. The van der Waals surface area contributed by atoms with Crippen molar-refractivity contribution in [2.24, 2.45) is 29.1 Å². The van der Waals surface area contributed by atoms with E-state index >= 15 is 0 Å². The van der Waals surface area contributed by atoms with E-state index in [4.69, 9.17) is 4.98 Å². The van der Waals surface area contributed by atoms with Crippen LogP contribution in [0.2, 0.25) is 0 Å². The minimum Gasteiger partial charge on any atom is -0.369 e. The lowest BCUT2D eigenvalue weighted by Crippen LogP contribution is -2.47. The van der Waals surface area contributed by atoms with E-state index in [-0.39, 0.29) is 11.3 Å². The molecular weight excluding hydrogens is 396 g/mol. The van der Waals surface area contributed by atoms with Gasteiger partial charge < -0.3 is 16.0 Å². The van der Waals surface area contributed by atoms with Crippen molar-refractivity contribution in [1.82, 2.24) is 10.3 Å². The zero-order valence-electron chi connectivity index (χ0n) is 19.6. The summed E-state index contributed by atoms with van der Waals surface area (Å²) in [7, 11) is 0. The molecule has 5 nitrogen and oxygen atoms in total. The zero-order chi connectivity index (χ0) is 22.1. The Labute approximate surface area is 192 Å². The van der Waals surface area contributed by atoms with Gasteiger partial charge in [0.25, 0.3) is 0 Å². The first-order valence-electron chi connectivity index (χ1n) is 12.6. The Hall–Kier alpha value is -2.14. The van der Waals surface area contributed by atoms with Gasteiger partial charge in [0.2, 0.25) is 5.91 Å². The van der Waals surface area contributed by atoms with Crippen LogP contribution in [0.4, 0.5) is 11.5 Å². The van der Waals surface area contributed by atoms with Crippen molar-refractivity contribution in [3.8, 4) is 0 Å². The van der Waals surface area contributed by atoms with E-state index in [0.29, 0.717) is 12.3 Å². The highest BCUT2D eigenvalue weighted by atomic mass is 16.1. The van der Waals surface area contributed by atoms with Crippen molar-refractivity contribution >= 4 is 28.3 Å². The van der Waals surface area contributed by atoms with Crippen molar-refractivity contribution in [1.29, 1.82) is 0 Å². The molecule has 0 saturated heterocycles. The third kappa shape index (κ3) is 4.78. The fourth-order valence-corrected chi connectivity index (χ4v) is 7.07. The highest BCUT2D eigenvalue weighted by Crippen LogP contribution is 2.61. The van der Waals surface area contributed by atoms with Crippen LogP contribution in [0.5, 0.6) is 0 Å². The SMILES string of the molecule is CC(C)CNCCNc1ccc2c(NC(=O)CC34CC5CC(CC(C5)C3)C4)cccc2n1. The fourth-order valence-electron chi connectivity index (χ4n) is 7.07.